The van der Waals surface area contributed by atoms with E-state index in [0.29, 0.717) is 51.7 Å². The van der Waals surface area contributed by atoms with Gasteiger partial charge in [-0.25, -0.2) is 4.39 Å². The molecule has 8 rings (SSSR count). The minimum Gasteiger partial charge on any atom is -0.508 e. The molecular formula is C32H31FN6O2. The van der Waals surface area contributed by atoms with E-state index >= 15 is 4.39 Å². The molecule has 9 heteroatoms. The molecule has 208 valence electrons. The number of fused-ring (bicyclic) bond motifs is 4. The lowest BCUT2D eigenvalue weighted by Crippen LogP contribution is -2.51. The lowest BCUT2D eigenvalue weighted by Gasteiger charge is -2.31. The highest BCUT2D eigenvalue weighted by atomic mass is 19.1. The highest BCUT2D eigenvalue weighted by Gasteiger charge is 2.45. The van der Waals surface area contributed by atoms with Gasteiger partial charge in [-0.15, -0.1) is 6.42 Å². The van der Waals surface area contributed by atoms with Crippen LogP contribution < -0.4 is 15.0 Å². The minimum absolute atomic E-state index is 0.00680. The molecule has 4 aliphatic heterocycles. The number of anilines is 1. The van der Waals surface area contributed by atoms with Gasteiger partial charge in [0, 0.05) is 54.3 Å². The maximum Gasteiger partial charge on any atom is 0.319 e. The number of ether oxygens (including phenoxy) is 1. The van der Waals surface area contributed by atoms with Gasteiger partial charge in [0.1, 0.15) is 29.4 Å². The number of pyridine rings is 1. The van der Waals surface area contributed by atoms with Crippen LogP contribution in [0.4, 0.5) is 10.2 Å². The number of nitrogens with one attached hydrogen (secondary N) is 1. The number of aromatic hydroxyl groups is 1. The topological polar surface area (TPSA) is 86.6 Å². The first-order valence-corrected chi connectivity index (χ1v) is 14.5. The average Bonchev–Trinajstić information content (AvgIpc) is 3.63. The zero-order valence-corrected chi connectivity index (χ0v) is 22.7. The zero-order valence-electron chi connectivity index (χ0n) is 22.7. The van der Waals surface area contributed by atoms with E-state index in [1.165, 1.54) is 6.07 Å². The Morgan fingerprint density at radius 3 is 2.76 bits per heavy atom. The third-order valence-electron chi connectivity index (χ3n) is 9.68. The van der Waals surface area contributed by atoms with Crippen LogP contribution >= 0.6 is 0 Å². The second-order valence-corrected chi connectivity index (χ2v) is 11.9. The van der Waals surface area contributed by atoms with E-state index in [-0.39, 0.29) is 28.5 Å². The quantitative estimate of drug-likeness (QED) is 0.360. The monoisotopic (exact) mass is 550 g/mol. The van der Waals surface area contributed by atoms with Crippen LogP contribution in [-0.2, 0) is 0 Å². The van der Waals surface area contributed by atoms with Gasteiger partial charge in [-0.3, -0.25) is 9.88 Å². The first-order chi connectivity index (χ1) is 20.0. The van der Waals surface area contributed by atoms with E-state index in [4.69, 9.17) is 16.1 Å². The fourth-order valence-electron chi connectivity index (χ4n) is 7.52. The molecule has 0 spiro atoms. The molecule has 4 aromatic rings. The molecule has 0 saturated carbocycles. The van der Waals surface area contributed by atoms with Crippen molar-refractivity contribution in [3.63, 3.8) is 0 Å². The number of hydrogen-bond acceptors (Lipinski definition) is 8. The fraction of sp³-hybridized carbons (Fsp3) is 0.406. The number of rotatable bonds is 5. The Morgan fingerprint density at radius 1 is 1.17 bits per heavy atom. The van der Waals surface area contributed by atoms with Gasteiger partial charge in [0.25, 0.3) is 0 Å². The molecule has 2 unspecified atom stereocenters. The number of phenols is 1. The average molecular weight is 551 g/mol. The Kier molecular flexibility index (Phi) is 5.60. The lowest BCUT2D eigenvalue weighted by molar-refractivity contribution is 0.108. The lowest BCUT2D eigenvalue weighted by atomic mass is 9.95. The highest BCUT2D eigenvalue weighted by molar-refractivity contribution is 6.02. The van der Waals surface area contributed by atoms with Crippen molar-refractivity contribution < 1.29 is 14.2 Å². The Hall–Kier alpha value is -4.00. The molecule has 0 aliphatic carbocycles. The summed E-state index contributed by atoms with van der Waals surface area (Å²) in [6, 6.07) is 9.20. The first kappa shape index (κ1) is 24.8. The second kappa shape index (κ2) is 9.26. The van der Waals surface area contributed by atoms with E-state index in [1.807, 2.05) is 12.1 Å². The summed E-state index contributed by atoms with van der Waals surface area (Å²) in [5, 5.41) is 15.9. The Balaban J connectivity index is 1.27. The third-order valence-corrected chi connectivity index (χ3v) is 9.68. The van der Waals surface area contributed by atoms with Crippen LogP contribution in [0, 0.1) is 24.1 Å². The summed E-state index contributed by atoms with van der Waals surface area (Å²) >= 11 is 0. The molecule has 0 bridgehead atoms. The normalized spacial score (nSPS) is 23.0. The summed E-state index contributed by atoms with van der Waals surface area (Å²) in [4.78, 5) is 18.8. The van der Waals surface area contributed by atoms with Gasteiger partial charge in [-0.1, -0.05) is 18.1 Å². The fourth-order valence-corrected chi connectivity index (χ4v) is 7.52. The first-order valence-electron chi connectivity index (χ1n) is 14.5. The van der Waals surface area contributed by atoms with Gasteiger partial charge < -0.3 is 20.1 Å². The summed E-state index contributed by atoms with van der Waals surface area (Å²) < 4.78 is 23.0. The largest absolute Gasteiger partial charge is 0.508 e. The number of phenolic OH excluding ortho intramolecular Hbond substituents is 1. The van der Waals surface area contributed by atoms with Crippen LogP contribution in [0.3, 0.4) is 0 Å². The standard InChI is InChI=1S/C32H31FN6O2/c1-2-19-6-3-7-20-12-22(40)13-23(26(19)20)28-27(33)29-24(15-35-28)30(38-16-21-14-34-25(21)17-38)37-31(36-29)41-18-32-8-4-10-39(32)11-5-9-32/h1,3,6-7,12-13,15,21,25,34,40H,4-5,8-11,14,16-18H2. The predicted molar refractivity (Wildman–Crippen MR) is 156 cm³/mol. The van der Waals surface area contributed by atoms with Gasteiger partial charge in [0.05, 0.1) is 10.9 Å². The van der Waals surface area contributed by atoms with Gasteiger partial charge in [0.2, 0.25) is 0 Å². The maximum atomic E-state index is 16.6. The molecule has 0 radical (unpaired) electrons. The minimum atomic E-state index is -0.587. The van der Waals surface area contributed by atoms with Crippen molar-refractivity contribution in [2.45, 2.75) is 37.3 Å². The molecule has 4 saturated heterocycles. The molecule has 8 nitrogen and oxygen atoms in total. The van der Waals surface area contributed by atoms with Crippen molar-refractivity contribution >= 4 is 27.5 Å². The summed E-state index contributed by atoms with van der Waals surface area (Å²) in [6.07, 6.45) is 12.0. The molecule has 41 heavy (non-hydrogen) atoms. The van der Waals surface area contributed by atoms with E-state index in [1.54, 1.807) is 18.3 Å². The van der Waals surface area contributed by atoms with Crippen molar-refractivity contribution in [3.05, 3.63) is 47.9 Å². The molecule has 2 aromatic carbocycles. The molecule has 2 atom stereocenters. The van der Waals surface area contributed by atoms with Crippen molar-refractivity contribution in [2.24, 2.45) is 5.92 Å². The SMILES string of the molecule is C#Cc1cccc2cc(O)cc(-c3ncc4c(N5CC6CNC6C5)nc(OCC56CCCN5CCC6)nc4c3F)c12. The van der Waals surface area contributed by atoms with Crippen molar-refractivity contribution in [1.82, 2.24) is 25.2 Å². The molecule has 4 aliphatic rings. The molecule has 2 N–H and O–H groups in total. The highest BCUT2D eigenvalue weighted by Crippen LogP contribution is 2.41. The number of nitrogens with zero attached hydrogens (tertiary/aromatic N) is 5. The van der Waals surface area contributed by atoms with E-state index in [9.17, 15) is 5.11 Å². The Morgan fingerprint density at radius 2 is 2.02 bits per heavy atom. The van der Waals surface area contributed by atoms with Crippen molar-refractivity contribution in [2.75, 3.05) is 44.2 Å². The predicted octanol–water partition coefficient (Wildman–Crippen LogP) is 4.09. The molecular weight excluding hydrogens is 519 g/mol. The van der Waals surface area contributed by atoms with Crippen LogP contribution in [0.1, 0.15) is 31.2 Å². The second-order valence-electron chi connectivity index (χ2n) is 11.9. The van der Waals surface area contributed by atoms with E-state index in [0.717, 1.165) is 58.4 Å². The number of terminal acetylenes is 1. The van der Waals surface area contributed by atoms with Crippen LogP contribution in [-0.4, -0.2) is 75.9 Å². The van der Waals surface area contributed by atoms with Crippen molar-refractivity contribution in [3.8, 4) is 35.4 Å². The van der Waals surface area contributed by atoms with Crippen LogP contribution in [0.2, 0.25) is 0 Å². The van der Waals surface area contributed by atoms with Crippen LogP contribution in [0.5, 0.6) is 11.8 Å². The van der Waals surface area contributed by atoms with Gasteiger partial charge in [-0.05, 0) is 62.4 Å². The van der Waals surface area contributed by atoms with E-state index in [2.05, 4.69) is 31.0 Å². The molecule has 4 fully saturated rings. The van der Waals surface area contributed by atoms with Gasteiger partial charge in [0.15, 0.2) is 5.82 Å². The number of aromatic nitrogens is 3. The number of benzene rings is 2. The Labute approximate surface area is 237 Å². The molecule has 2 aromatic heterocycles. The zero-order chi connectivity index (χ0) is 27.7. The number of halogens is 1. The summed E-state index contributed by atoms with van der Waals surface area (Å²) in [5.41, 5.74) is 1.28. The van der Waals surface area contributed by atoms with Crippen LogP contribution in [0.25, 0.3) is 32.9 Å². The number of hydrogen-bond donors (Lipinski definition) is 2. The Bertz CT molecular complexity index is 1730. The molecule has 6 heterocycles. The molecule has 0 amide bonds. The summed E-state index contributed by atoms with van der Waals surface area (Å²) in [5.74, 6) is 3.31. The van der Waals surface area contributed by atoms with E-state index < -0.39 is 5.82 Å². The van der Waals surface area contributed by atoms with Gasteiger partial charge >= 0.3 is 6.01 Å². The third kappa shape index (κ3) is 3.85. The maximum absolute atomic E-state index is 16.6. The smallest absolute Gasteiger partial charge is 0.319 e. The summed E-state index contributed by atoms with van der Waals surface area (Å²) in [7, 11) is 0. The van der Waals surface area contributed by atoms with Gasteiger partial charge in [-0.2, -0.15) is 9.97 Å². The van der Waals surface area contributed by atoms with Crippen molar-refractivity contribution in [1.29, 1.82) is 0 Å². The van der Waals surface area contributed by atoms with Crippen LogP contribution in [0.15, 0.2) is 36.5 Å². The summed E-state index contributed by atoms with van der Waals surface area (Å²) in [6.45, 7) is 5.29.